The van der Waals surface area contributed by atoms with Crippen LogP contribution in [-0.2, 0) is 23.5 Å². The van der Waals surface area contributed by atoms with E-state index in [-0.39, 0.29) is 11.3 Å². The van der Waals surface area contributed by atoms with Gasteiger partial charge in [-0.1, -0.05) is 18.2 Å². The van der Waals surface area contributed by atoms with Crippen molar-refractivity contribution in [3.05, 3.63) is 58.0 Å². The summed E-state index contributed by atoms with van der Waals surface area (Å²) in [7, 11) is 1.30. The topological polar surface area (TPSA) is 113 Å². The van der Waals surface area contributed by atoms with Gasteiger partial charge in [0.15, 0.2) is 0 Å². The van der Waals surface area contributed by atoms with Crippen LogP contribution in [0.3, 0.4) is 0 Å². The third-order valence-corrected chi connectivity index (χ3v) is 6.20. The summed E-state index contributed by atoms with van der Waals surface area (Å²) in [5.41, 5.74) is 1.34. The fourth-order valence-electron chi connectivity index (χ4n) is 3.73. The van der Waals surface area contributed by atoms with E-state index in [0.717, 1.165) is 38.1 Å². The summed E-state index contributed by atoms with van der Waals surface area (Å²) in [6, 6.07) is 8.65. The molecule has 5 rings (SSSR count). The van der Waals surface area contributed by atoms with Crippen molar-refractivity contribution in [2.24, 2.45) is 0 Å². The zero-order valence-corrected chi connectivity index (χ0v) is 18.2. The van der Waals surface area contributed by atoms with Crippen molar-refractivity contribution in [2.45, 2.75) is 43.2 Å². The highest BCUT2D eigenvalue weighted by atomic mass is 32.2. The molecule has 0 spiro atoms. The summed E-state index contributed by atoms with van der Waals surface area (Å²) < 4.78 is 17.6. The first kappa shape index (κ1) is 20.5. The predicted molar refractivity (Wildman–Crippen MR) is 116 cm³/mol. The fraction of sp³-hybridized carbons (Fsp3) is 0.318. The number of methoxy groups -OCH3 is 1. The van der Waals surface area contributed by atoms with Crippen LogP contribution < -0.4 is 5.56 Å². The van der Waals surface area contributed by atoms with Crippen LogP contribution in [0.2, 0.25) is 0 Å². The minimum Gasteiger partial charge on any atom is -0.463 e. The third-order valence-electron chi connectivity index (χ3n) is 5.36. The van der Waals surface area contributed by atoms with Crippen LogP contribution in [0.4, 0.5) is 0 Å². The van der Waals surface area contributed by atoms with Crippen molar-refractivity contribution in [3.8, 4) is 11.5 Å². The Bertz CT molecular complexity index is 1360. The molecule has 0 radical (unpaired) electrons. The third kappa shape index (κ3) is 3.93. The molecule has 10 heteroatoms. The normalized spacial score (nSPS) is 13.7. The molecule has 9 nitrogen and oxygen atoms in total. The van der Waals surface area contributed by atoms with Gasteiger partial charge in [-0.2, -0.15) is 0 Å². The Morgan fingerprint density at radius 2 is 2.06 bits per heavy atom. The molecule has 1 aliphatic rings. The summed E-state index contributed by atoms with van der Waals surface area (Å²) in [6.45, 7) is 0.722. The highest BCUT2D eigenvalue weighted by Gasteiger charge is 2.17. The Morgan fingerprint density at radius 1 is 1.16 bits per heavy atom. The molecule has 4 aromatic rings. The van der Waals surface area contributed by atoms with Gasteiger partial charge >= 0.3 is 5.97 Å². The Hall–Kier alpha value is -3.40. The van der Waals surface area contributed by atoms with E-state index in [0.29, 0.717) is 39.1 Å². The number of ether oxygens (including phenoxy) is 1. The second-order valence-electron chi connectivity index (χ2n) is 7.45. The van der Waals surface area contributed by atoms with E-state index in [2.05, 4.69) is 14.9 Å². The van der Waals surface area contributed by atoms with Crippen LogP contribution in [0.25, 0.3) is 22.4 Å². The Labute approximate surface area is 186 Å². The lowest BCUT2D eigenvalue weighted by Gasteiger charge is -2.10. The molecule has 0 saturated heterocycles. The van der Waals surface area contributed by atoms with Crippen LogP contribution >= 0.6 is 11.8 Å². The maximum Gasteiger partial charge on any atom is 0.373 e. The number of thioether (sulfide) groups is 1. The SMILES string of the molecule is COC(=O)c1ccc(CSc2nnc(-c3ccc4c(=O)n5c(nc4c3)CCCCC5)o2)o1. The molecule has 0 N–H and O–H groups in total. The Balaban J connectivity index is 1.36. The number of carbonyl (C=O) groups excluding carboxylic acids is 1. The molecule has 1 aromatic carbocycles. The molecule has 0 atom stereocenters. The standard InChI is InChI=1S/C22H20N4O5S/c1-29-21(28)17-9-7-14(30-17)12-32-22-25-24-19(31-22)13-6-8-15-16(11-13)23-18-5-3-2-4-10-26(18)20(15)27/h6-9,11H,2-5,10,12H2,1H3. The van der Waals surface area contributed by atoms with E-state index in [1.165, 1.54) is 18.9 Å². The number of fused-ring (bicyclic) bond motifs is 2. The van der Waals surface area contributed by atoms with Gasteiger partial charge in [0.2, 0.25) is 11.7 Å². The molecule has 1 aliphatic heterocycles. The van der Waals surface area contributed by atoms with Crippen LogP contribution in [0.1, 0.15) is 41.4 Å². The number of furan rings is 1. The molecule has 4 heterocycles. The first-order valence-corrected chi connectivity index (χ1v) is 11.3. The van der Waals surface area contributed by atoms with Gasteiger partial charge in [-0.3, -0.25) is 9.36 Å². The van der Waals surface area contributed by atoms with Gasteiger partial charge in [-0.05, 0) is 43.2 Å². The number of aryl methyl sites for hydroxylation is 1. The number of hydrogen-bond acceptors (Lipinski definition) is 9. The minimum absolute atomic E-state index is 0.00463. The first-order chi connectivity index (χ1) is 15.6. The van der Waals surface area contributed by atoms with Crippen molar-refractivity contribution >= 4 is 28.6 Å². The zero-order chi connectivity index (χ0) is 22.1. The van der Waals surface area contributed by atoms with Crippen LogP contribution in [0.5, 0.6) is 0 Å². The van der Waals surface area contributed by atoms with E-state index < -0.39 is 5.97 Å². The molecule has 0 fully saturated rings. The van der Waals surface area contributed by atoms with Crippen LogP contribution in [-0.4, -0.2) is 32.8 Å². The maximum atomic E-state index is 12.9. The van der Waals surface area contributed by atoms with Crippen molar-refractivity contribution in [2.75, 3.05) is 7.11 Å². The van der Waals surface area contributed by atoms with Crippen molar-refractivity contribution in [1.29, 1.82) is 0 Å². The number of rotatable bonds is 5. The van der Waals surface area contributed by atoms with Gasteiger partial charge < -0.3 is 13.6 Å². The average Bonchev–Trinajstić information content (AvgIpc) is 3.42. The molecule has 32 heavy (non-hydrogen) atoms. The number of hydrogen-bond donors (Lipinski definition) is 0. The van der Waals surface area contributed by atoms with Crippen LogP contribution in [0.15, 0.2) is 49.2 Å². The lowest BCUT2D eigenvalue weighted by atomic mass is 10.1. The number of esters is 1. The molecule has 0 aliphatic carbocycles. The summed E-state index contributed by atoms with van der Waals surface area (Å²) in [5, 5.41) is 9.15. The van der Waals surface area contributed by atoms with Crippen LogP contribution in [0, 0.1) is 0 Å². The fourth-order valence-corrected chi connectivity index (χ4v) is 4.39. The van der Waals surface area contributed by atoms with E-state index in [1.807, 2.05) is 6.07 Å². The summed E-state index contributed by atoms with van der Waals surface area (Å²) in [4.78, 5) is 29.1. The second-order valence-corrected chi connectivity index (χ2v) is 8.37. The summed E-state index contributed by atoms with van der Waals surface area (Å²) in [5.74, 6) is 1.81. The summed E-state index contributed by atoms with van der Waals surface area (Å²) in [6.07, 6.45) is 3.96. The molecular formula is C22H20N4O5S. The lowest BCUT2D eigenvalue weighted by Crippen LogP contribution is -2.24. The van der Waals surface area contributed by atoms with E-state index >= 15 is 0 Å². The van der Waals surface area contributed by atoms with Gasteiger partial charge in [0.1, 0.15) is 11.6 Å². The minimum atomic E-state index is -0.525. The number of benzene rings is 1. The molecule has 164 valence electrons. The van der Waals surface area contributed by atoms with Crippen molar-refractivity contribution in [3.63, 3.8) is 0 Å². The maximum absolute atomic E-state index is 12.9. The Morgan fingerprint density at radius 3 is 2.94 bits per heavy atom. The molecular weight excluding hydrogens is 432 g/mol. The zero-order valence-electron chi connectivity index (χ0n) is 17.4. The Kier molecular flexibility index (Phi) is 5.52. The average molecular weight is 452 g/mol. The van der Waals surface area contributed by atoms with E-state index in [4.69, 9.17) is 13.8 Å². The van der Waals surface area contributed by atoms with E-state index in [1.54, 1.807) is 28.8 Å². The molecule has 3 aromatic heterocycles. The highest BCUT2D eigenvalue weighted by molar-refractivity contribution is 7.98. The van der Waals surface area contributed by atoms with Gasteiger partial charge in [0.25, 0.3) is 10.8 Å². The molecule has 0 amide bonds. The quantitative estimate of drug-likeness (QED) is 0.329. The van der Waals surface area contributed by atoms with Crippen molar-refractivity contribution < 1.29 is 18.4 Å². The lowest BCUT2D eigenvalue weighted by molar-refractivity contribution is 0.0563. The number of carbonyl (C=O) groups is 1. The van der Waals surface area contributed by atoms with Gasteiger partial charge in [-0.15, -0.1) is 10.2 Å². The largest absolute Gasteiger partial charge is 0.463 e. The molecule has 0 saturated carbocycles. The molecule has 0 bridgehead atoms. The number of nitrogens with zero attached hydrogens (tertiary/aromatic N) is 4. The van der Waals surface area contributed by atoms with Gasteiger partial charge in [0.05, 0.1) is 23.8 Å². The number of aromatic nitrogens is 4. The predicted octanol–water partition coefficient (Wildman–Crippen LogP) is 3.84. The smallest absolute Gasteiger partial charge is 0.373 e. The second kappa shape index (κ2) is 8.62. The summed E-state index contributed by atoms with van der Waals surface area (Å²) >= 11 is 1.29. The van der Waals surface area contributed by atoms with Crippen molar-refractivity contribution in [1.82, 2.24) is 19.7 Å². The first-order valence-electron chi connectivity index (χ1n) is 10.3. The monoisotopic (exact) mass is 452 g/mol. The van der Waals surface area contributed by atoms with Gasteiger partial charge in [0, 0.05) is 18.5 Å². The van der Waals surface area contributed by atoms with Gasteiger partial charge in [-0.25, -0.2) is 9.78 Å². The van der Waals surface area contributed by atoms with E-state index in [9.17, 15) is 9.59 Å². The molecule has 0 unspecified atom stereocenters. The highest BCUT2D eigenvalue weighted by Crippen LogP contribution is 2.28.